The minimum atomic E-state index is -1.09. The lowest BCUT2D eigenvalue weighted by Gasteiger charge is -2.39. The van der Waals surface area contributed by atoms with E-state index in [0.29, 0.717) is 28.4 Å². The molecule has 0 fully saturated rings. The maximum Gasteiger partial charge on any atom is 0.233 e. The fraction of sp³-hybridized carbons (Fsp3) is 0.304. The van der Waals surface area contributed by atoms with Gasteiger partial charge in [-0.05, 0) is 32.4 Å². The monoisotopic (exact) mass is 512 g/mol. The van der Waals surface area contributed by atoms with Gasteiger partial charge in [0.1, 0.15) is 18.5 Å². The minimum absolute atomic E-state index is 0.110. The quantitative estimate of drug-likeness (QED) is 0.345. The largest absolute Gasteiger partial charge is 0.467 e. The van der Waals surface area contributed by atoms with Crippen LogP contribution < -0.4 is 15.8 Å². The van der Waals surface area contributed by atoms with Gasteiger partial charge in [0.15, 0.2) is 17.6 Å². The Hall–Kier alpha value is -3.87. The summed E-state index contributed by atoms with van der Waals surface area (Å²) in [5.41, 5.74) is 6.54. The molecule has 3 N–H and O–H groups in total. The van der Waals surface area contributed by atoms with Gasteiger partial charge >= 0.3 is 0 Å². The molecule has 13 heteroatoms. The third-order valence-corrected chi connectivity index (χ3v) is 6.70. The number of amidine groups is 1. The molecule has 0 amide bonds. The van der Waals surface area contributed by atoms with Crippen LogP contribution in [0.2, 0.25) is 0 Å². The van der Waals surface area contributed by atoms with E-state index in [1.165, 1.54) is 24.9 Å². The lowest BCUT2D eigenvalue weighted by atomic mass is 9.84. The Morgan fingerprint density at radius 1 is 1.19 bits per heavy atom. The lowest BCUT2D eigenvalue weighted by Crippen LogP contribution is -2.42. The number of aliphatic imine (C=N–C) groups is 1. The van der Waals surface area contributed by atoms with E-state index in [1.54, 1.807) is 32.2 Å². The van der Waals surface area contributed by atoms with E-state index in [-0.39, 0.29) is 29.6 Å². The second-order valence-electron chi connectivity index (χ2n) is 8.72. The van der Waals surface area contributed by atoms with Crippen molar-refractivity contribution in [2.24, 2.45) is 10.7 Å². The zero-order valence-electron chi connectivity index (χ0n) is 19.4. The molecule has 36 heavy (non-hydrogen) atoms. The van der Waals surface area contributed by atoms with E-state index in [9.17, 15) is 8.78 Å². The summed E-state index contributed by atoms with van der Waals surface area (Å²) < 4.78 is 38.6. The smallest absolute Gasteiger partial charge is 0.233 e. The molecule has 5 rings (SSSR count). The predicted octanol–water partition coefficient (Wildman–Crippen LogP) is 4.26. The van der Waals surface area contributed by atoms with Gasteiger partial charge in [0, 0.05) is 11.8 Å². The number of alkyl halides is 1. The first-order valence-corrected chi connectivity index (χ1v) is 11.7. The number of fused-ring (bicyclic) bond motifs is 1. The van der Waals surface area contributed by atoms with Crippen molar-refractivity contribution in [3.05, 3.63) is 60.6 Å². The van der Waals surface area contributed by atoms with Crippen molar-refractivity contribution in [2.75, 3.05) is 12.0 Å². The molecule has 4 aromatic rings. The van der Waals surface area contributed by atoms with Crippen molar-refractivity contribution in [2.45, 2.75) is 37.2 Å². The van der Waals surface area contributed by atoms with Crippen molar-refractivity contribution < 1.29 is 17.9 Å². The van der Waals surface area contributed by atoms with Crippen LogP contribution in [-0.4, -0.2) is 41.5 Å². The molecule has 0 aromatic carbocycles. The summed E-state index contributed by atoms with van der Waals surface area (Å²) in [6.45, 7) is 2.95. The zero-order valence-corrected chi connectivity index (χ0v) is 20.2. The van der Waals surface area contributed by atoms with Crippen molar-refractivity contribution >= 4 is 39.5 Å². The SMILES string of the molecule is C[C@]1(CF)C[C@@](C)(c2cc(Nc3nccc4nc(OCc5ncco5)cnc34)cnc2F)N=C(N)S1. The van der Waals surface area contributed by atoms with Crippen LogP contribution in [0.15, 0.2) is 52.6 Å². The summed E-state index contributed by atoms with van der Waals surface area (Å²) in [4.78, 5) is 25.6. The molecule has 0 bridgehead atoms. The van der Waals surface area contributed by atoms with E-state index in [1.807, 2.05) is 0 Å². The van der Waals surface area contributed by atoms with E-state index < -0.39 is 22.9 Å². The maximum absolute atomic E-state index is 14.9. The Labute approximate surface area is 208 Å². The van der Waals surface area contributed by atoms with E-state index >= 15 is 0 Å². The van der Waals surface area contributed by atoms with E-state index in [4.69, 9.17) is 14.9 Å². The normalized spacial score (nSPS) is 21.8. The fourth-order valence-electron chi connectivity index (χ4n) is 4.13. The molecular weight excluding hydrogens is 490 g/mol. The predicted molar refractivity (Wildman–Crippen MR) is 131 cm³/mol. The summed E-state index contributed by atoms with van der Waals surface area (Å²) in [7, 11) is 0. The van der Waals surface area contributed by atoms with Gasteiger partial charge in [-0.1, -0.05) is 11.8 Å². The van der Waals surface area contributed by atoms with Crippen LogP contribution in [0.25, 0.3) is 11.0 Å². The van der Waals surface area contributed by atoms with Gasteiger partial charge in [-0.25, -0.2) is 29.3 Å². The molecule has 1 aliphatic heterocycles. The molecule has 5 heterocycles. The molecule has 0 spiro atoms. The van der Waals surface area contributed by atoms with Gasteiger partial charge in [-0.15, -0.1) is 0 Å². The molecule has 0 aliphatic carbocycles. The van der Waals surface area contributed by atoms with Gasteiger partial charge < -0.3 is 20.2 Å². The lowest BCUT2D eigenvalue weighted by molar-refractivity contribution is 0.253. The number of hydrogen-bond donors (Lipinski definition) is 2. The van der Waals surface area contributed by atoms with Crippen molar-refractivity contribution in [3.63, 3.8) is 0 Å². The first kappa shape index (κ1) is 23.9. The molecule has 0 saturated carbocycles. The number of thioether (sulfide) groups is 1. The second-order valence-corrected chi connectivity index (χ2v) is 10.3. The summed E-state index contributed by atoms with van der Waals surface area (Å²) in [5.74, 6) is 0.389. The standard InChI is InChI=1S/C23H22F2N8O2S/c1-22(12-24)11-23(2,33-21(26)36-22)14-7-13(8-30-19(14)25)31-20-18-15(3-4-28-20)32-16(9-29-18)35-10-17-27-5-6-34-17/h3-9H,10-12H2,1-2H3,(H2,26,33)(H,28,31)/t22-,23+/m1/s1. The van der Waals surface area contributed by atoms with Crippen molar-refractivity contribution in [3.8, 4) is 5.88 Å². The van der Waals surface area contributed by atoms with Crippen LogP contribution in [0.5, 0.6) is 5.88 Å². The van der Waals surface area contributed by atoms with Crippen LogP contribution in [0.3, 0.4) is 0 Å². The highest BCUT2D eigenvalue weighted by atomic mass is 32.2. The maximum atomic E-state index is 14.9. The first-order chi connectivity index (χ1) is 17.3. The van der Waals surface area contributed by atoms with Crippen LogP contribution in [-0.2, 0) is 12.1 Å². The molecule has 186 valence electrons. The van der Waals surface area contributed by atoms with Gasteiger partial charge in [-0.3, -0.25) is 4.99 Å². The zero-order chi connectivity index (χ0) is 25.3. The highest BCUT2D eigenvalue weighted by Crippen LogP contribution is 2.46. The van der Waals surface area contributed by atoms with Crippen molar-refractivity contribution in [1.29, 1.82) is 0 Å². The Morgan fingerprint density at radius 3 is 2.83 bits per heavy atom. The Kier molecular flexibility index (Phi) is 6.16. The molecular formula is C23H22F2N8O2S. The Bertz CT molecular complexity index is 1440. The second kappa shape index (κ2) is 9.30. The Morgan fingerprint density at radius 2 is 2.06 bits per heavy atom. The highest BCUT2D eigenvalue weighted by molar-refractivity contribution is 8.15. The summed E-state index contributed by atoms with van der Waals surface area (Å²) in [5, 5.41) is 3.33. The third kappa shape index (κ3) is 4.78. The number of hydrogen-bond acceptors (Lipinski definition) is 11. The van der Waals surface area contributed by atoms with Gasteiger partial charge in [0.25, 0.3) is 0 Å². The average Bonchev–Trinajstić information content (AvgIpc) is 3.37. The molecule has 1 aliphatic rings. The molecule has 0 saturated heterocycles. The van der Waals surface area contributed by atoms with Crippen LogP contribution in [0.1, 0.15) is 31.7 Å². The number of halogens is 2. The van der Waals surface area contributed by atoms with E-state index in [0.717, 1.165) is 11.8 Å². The van der Waals surface area contributed by atoms with E-state index in [2.05, 4.69) is 35.2 Å². The number of ether oxygens (including phenoxy) is 1. The van der Waals surface area contributed by atoms with Crippen LogP contribution in [0, 0.1) is 5.95 Å². The molecule has 0 radical (unpaired) electrons. The molecule has 2 atom stereocenters. The minimum Gasteiger partial charge on any atom is -0.467 e. The summed E-state index contributed by atoms with van der Waals surface area (Å²) in [6.07, 6.45) is 7.59. The van der Waals surface area contributed by atoms with Gasteiger partial charge in [0.05, 0.1) is 40.1 Å². The number of oxazole rings is 1. The number of pyridine rings is 2. The fourth-order valence-corrected chi connectivity index (χ4v) is 5.29. The van der Waals surface area contributed by atoms with Gasteiger partial charge in [-0.2, -0.15) is 4.39 Å². The number of aromatic nitrogens is 5. The number of nitrogens with zero attached hydrogens (tertiary/aromatic N) is 6. The summed E-state index contributed by atoms with van der Waals surface area (Å²) >= 11 is 1.15. The topological polar surface area (TPSA) is 137 Å². The number of anilines is 2. The highest BCUT2D eigenvalue weighted by Gasteiger charge is 2.43. The van der Waals surface area contributed by atoms with Gasteiger partial charge in [0.2, 0.25) is 17.7 Å². The third-order valence-electron chi connectivity index (χ3n) is 5.66. The molecule has 4 aromatic heterocycles. The van der Waals surface area contributed by atoms with Crippen molar-refractivity contribution in [1.82, 2.24) is 24.9 Å². The number of rotatable bonds is 7. The molecule has 10 nitrogen and oxygen atoms in total. The number of nitrogens with two attached hydrogens (primary N) is 1. The Balaban J connectivity index is 1.42. The van der Waals surface area contributed by atoms with Crippen LogP contribution >= 0.6 is 11.8 Å². The average molecular weight is 513 g/mol. The number of nitrogens with one attached hydrogen (secondary N) is 1. The first-order valence-electron chi connectivity index (χ1n) is 10.9. The molecule has 0 unspecified atom stereocenters. The summed E-state index contributed by atoms with van der Waals surface area (Å²) in [6, 6.07) is 3.27. The van der Waals surface area contributed by atoms with Crippen LogP contribution in [0.4, 0.5) is 20.3 Å².